The van der Waals surface area contributed by atoms with Crippen LogP contribution in [0.2, 0.25) is 5.02 Å². The van der Waals surface area contributed by atoms with Crippen molar-refractivity contribution in [1.29, 1.82) is 0 Å². The van der Waals surface area contributed by atoms with Crippen LogP contribution in [0.5, 0.6) is 5.75 Å². The smallest absolute Gasteiger partial charge is 0.341 e. The van der Waals surface area contributed by atoms with Crippen LogP contribution in [0.1, 0.15) is 0 Å². The summed E-state index contributed by atoms with van der Waals surface area (Å²) in [5, 5.41) is 9.39. The van der Waals surface area contributed by atoms with E-state index in [9.17, 15) is 4.79 Å². The van der Waals surface area contributed by atoms with Crippen LogP contribution in [0.25, 0.3) is 22.7 Å². The molecule has 1 heterocycles. The quantitative estimate of drug-likeness (QED) is 0.724. The van der Waals surface area contributed by atoms with Gasteiger partial charge >= 0.3 is 5.97 Å². The molecule has 0 bridgehead atoms. The molecule has 1 N–H and O–H groups in total. The zero-order valence-electron chi connectivity index (χ0n) is 12.4. The number of hydrogen-bond donors (Lipinski definition) is 1. The second-order valence-electron chi connectivity index (χ2n) is 4.98. The number of halogens is 1. The zero-order valence-corrected chi connectivity index (χ0v) is 13.2. The first-order chi connectivity index (χ1) is 11.5. The van der Waals surface area contributed by atoms with E-state index in [4.69, 9.17) is 33.7 Å². The molecule has 5 nitrogen and oxygen atoms in total. The number of aliphatic carboxylic acids is 1. The average molecular weight is 340 g/mol. The fraction of sp³-hybridized carbons (Fsp3) is 0.0588. The Morgan fingerprint density at radius 3 is 2.71 bits per heavy atom. The second kappa shape index (κ2) is 6.80. The maximum atomic E-state index is 10.7. The Morgan fingerprint density at radius 2 is 2.00 bits per heavy atom. The van der Waals surface area contributed by atoms with Gasteiger partial charge in [0.25, 0.3) is 0 Å². The Morgan fingerprint density at radius 1 is 1.25 bits per heavy atom. The number of carbonyl (C=O) groups is 1. The van der Waals surface area contributed by atoms with E-state index in [1.165, 1.54) is 6.26 Å². The maximum absolute atomic E-state index is 10.7. The second-order valence-corrected chi connectivity index (χ2v) is 5.42. The van der Waals surface area contributed by atoms with Gasteiger partial charge in [-0.05, 0) is 30.3 Å². The SMILES string of the molecule is [B]c1ccc(OCC(=O)O)c(-c2coc(-c3ccc(Cl)cc3)n2)c1. The van der Waals surface area contributed by atoms with E-state index in [2.05, 4.69) is 4.98 Å². The van der Waals surface area contributed by atoms with Crippen LogP contribution in [0, 0.1) is 0 Å². The minimum absolute atomic E-state index is 0.363. The Labute approximate surface area is 144 Å². The molecular formula is C17H11BClNO4. The molecule has 24 heavy (non-hydrogen) atoms. The molecule has 2 aromatic carbocycles. The predicted octanol–water partition coefficient (Wildman–Crippen LogP) is 2.92. The standard InChI is InChI=1S/C17H11BClNO4/c18-11-3-6-15(23-9-16(21)22)13(7-11)14-8-24-17(20-14)10-1-4-12(19)5-2-10/h1-8H,9H2,(H,21,22). The summed E-state index contributed by atoms with van der Waals surface area (Å²) in [7, 11) is 5.81. The van der Waals surface area contributed by atoms with Crippen molar-refractivity contribution in [1.82, 2.24) is 4.98 Å². The molecule has 1 aromatic heterocycles. The predicted molar refractivity (Wildman–Crippen MR) is 90.9 cm³/mol. The number of ether oxygens (including phenoxy) is 1. The molecule has 0 spiro atoms. The maximum Gasteiger partial charge on any atom is 0.341 e. The fourth-order valence-corrected chi connectivity index (χ4v) is 2.26. The number of oxazole rings is 1. The summed E-state index contributed by atoms with van der Waals surface area (Å²) in [6.45, 7) is -0.460. The van der Waals surface area contributed by atoms with Crippen molar-refractivity contribution < 1.29 is 19.1 Å². The first-order valence-corrected chi connectivity index (χ1v) is 7.36. The van der Waals surface area contributed by atoms with Gasteiger partial charge in [0.2, 0.25) is 5.89 Å². The molecule has 118 valence electrons. The minimum atomic E-state index is -1.07. The lowest BCUT2D eigenvalue weighted by atomic mass is 9.93. The van der Waals surface area contributed by atoms with Crippen LogP contribution in [-0.2, 0) is 4.79 Å². The molecule has 0 fully saturated rings. The van der Waals surface area contributed by atoms with Crippen molar-refractivity contribution in [2.45, 2.75) is 0 Å². The molecule has 0 aliphatic rings. The van der Waals surface area contributed by atoms with Gasteiger partial charge in [-0.3, -0.25) is 0 Å². The van der Waals surface area contributed by atoms with Gasteiger partial charge in [0.1, 0.15) is 25.6 Å². The van der Waals surface area contributed by atoms with E-state index in [0.29, 0.717) is 33.4 Å². The van der Waals surface area contributed by atoms with Crippen LogP contribution in [-0.4, -0.2) is 30.5 Å². The molecule has 2 radical (unpaired) electrons. The molecule has 0 atom stereocenters. The van der Waals surface area contributed by atoms with Gasteiger partial charge in [-0.2, -0.15) is 0 Å². The van der Waals surface area contributed by atoms with Crippen molar-refractivity contribution in [3.05, 3.63) is 53.8 Å². The van der Waals surface area contributed by atoms with E-state index in [1.54, 1.807) is 42.5 Å². The molecule has 0 aliphatic carbocycles. The molecule has 3 rings (SSSR count). The largest absolute Gasteiger partial charge is 0.481 e. The molecule has 0 amide bonds. The minimum Gasteiger partial charge on any atom is -0.481 e. The summed E-state index contributed by atoms with van der Waals surface area (Å²) in [4.78, 5) is 15.1. The highest BCUT2D eigenvalue weighted by Crippen LogP contribution is 2.31. The van der Waals surface area contributed by atoms with Gasteiger partial charge in [0.15, 0.2) is 6.61 Å². The van der Waals surface area contributed by atoms with E-state index in [1.807, 2.05) is 0 Å². The highest BCUT2D eigenvalue weighted by molar-refractivity contribution is 6.32. The molecule has 0 saturated heterocycles. The van der Waals surface area contributed by atoms with E-state index in [0.717, 1.165) is 5.56 Å². The van der Waals surface area contributed by atoms with Gasteiger partial charge < -0.3 is 14.3 Å². The summed E-state index contributed by atoms with van der Waals surface area (Å²) in [5.74, 6) is -0.296. The highest BCUT2D eigenvalue weighted by Gasteiger charge is 2.14. The zero-order chi connectivity index (χ0) is 17.1. The number of carboxylic acids is 1. The Hall–Kier alpha value is -2.73. The van der Waals surface area contributed by atoms with Gasteiger partial charge in [-0.1, -0.05) is 29.2 Å². The van der Waals surface area contributed by atoms with E-state index < -0.39 is 12.6 Å². The van der Waals surface area contributed by atoms with Crippen molar-refractivity contribution >= 4 is 30.9 Å². The summed E-state index contributed by atoms with van der Waals surface area (Å²) < 4.78 is 10.8. The molecule has 0 aliphatic heterocycles. The fourth-order valence-electron chi connectivity index (χ4n) is 2.14. The Kier molecular flexibility index (Phi) is 4.58. The van der Waals surface area contributed by atoms with Crippen LogP contribution >= 0.6 is 11.6 Å². The number of nitrogens with zero attached hydrogens (tertiary/aromatic N) is 1. The van der Waals surface area contributed by atoms with Crippen molar-refractivity contribution in [2.75, 3.05) is 6.61 Å². The van der Waals surface area contributed by atoms with Crippen molar-refractivity contribution in [3.8, 4) is 28.5 Å². The third-order valence-corrected chi connectivity index (χ3v) is 3.48. The Balaban J connectivity index is 1.95. The van der Waals surface area contributed by atoms with Gasteiger partial charge in [0, 0.05) is 16.1 Å². The lowest BCUT2D eigenvalue weighted by Gasteiger charge is -2.09. The number of benzene rings is 2. The van der Waals surface area contributed by atoms with Crippen LogP contribution in [0.3, 0.4) is 0 Å². The van der Waals surface area contributed by atoms with Crippen LogP contribution < -0.4 is 10.2 Å². The molecule has 0 saturated carbocycles. The Bertz CT molecular complexity index is 877. The summed E-state index contributed by atoms with van der Waals surface area (Å²) >= 11 is 5.87. The first kappa shape index (κ1) is 16.1. The van der Waals surface area contributed by atoms with Crippen molar-refractivity contribution in [2.24, 2.45) is 0 Å². The molecular weight excluding hydrogens is 328 g/mol. The molecule has 3 aromatic rings. The van der Waals surface area contributed by atoms with E-state index >= 15 is 0 Å². The topological polar surface area (TPSA) is 72.6 Å². The molecule has 7 heteroatoms. The normalized spacial score (nSPS) is 10.5. The monoisotopic (exact) mass is 339 g/mol. The van der Waals surface area contributed by atoms with Gasteiger partial charge in [-0.15, -0.1) is 0 Å². The highest BCUT2D eigenvalue weighted by atomic mass is 35.5. The van der Waals surface area contributed by atoms with Crippen LogP contribution in [0.4, 0.5) is 0 Å². The number of hydrogen-bond acceptors (Lipinski definition) is 4. The van der Waals surface area contributed by atoms with E-state index in [-0.39, 0.29) is 0 Å². The number of rotatable bonds is 5. The van der Waals surface area contributed by atoms with Crippen LogP contribution in [0.15, 0.2) is 53.1 Å². The number of aromatic nitrogens is 1. The summed E-state index contributed by atoms with van der Waals surface area (Å²) in [6.07, 6.45) is 1.46. The van der Waals surface area contributed by atoms with Gasteiger partial charge in [0.05, 0.1) is 0 Å². The third-order valence-electron chi connectivity index (χ3n) is 3.23. The summed E-state index contributed by atoms with van der Waals surface area (Å²) in [6, 6.07) is 11.9. The molecule has 0 unspecified atom stereocenters. The number of carboxylic acid groups (broad SMARTS) is 1. The van der Waals surface area contributed by atoms with Crippen molar-refractivity contribution in [3.63, 3.8) is 0 Å². The lowest BCUT2D eigenvalue weighted by molar-refractivity contribution is -0.139. The lowest BCUT2D eigenvalue weighted by Crippen LogP contribution is -2.11. The summed E-state index contributed by atoms with van der Waals surface area (Å²) in [5.41, 5.74) is 2.32. The average Bonchev–Trinajstić information content (AvgIpc) is 3.04. The van der Waals surface area contributed by atoms with Gasteiger partial charge in [-0.25, -0.2) is 9.78 Å². The first-order valence-electron chi connectivity index (χ1n) is 6.99. The third kappa shape index (κ3) is 3.60.